The minimum absolute atomic E-state index is 0.0522. The number of fused-ring (bicyclic) bond motifs is 1. The van der Waals surface area contributed by atoms with E-state index in [1.54, 1.807) is 42.2 Å². The van der Waals surface area contributed by atoms with Crippen LogP contribution in [0.15, 0.2) is 59.5 Å². The Labute approximate surface area is 219 Å². The monoisotopic (exact) mass is 544 g/mol. The Hall–Kier alpha value is -3.94. The van der Waals surface area contributed by atoms with Gasteiger partial charge in [-0.3, -0.25) is 13.9 Å². The largest absolute Gasteiger partial charge is 0.495 e. The average molecular weight is 545 g/mol. The van der Waals surface area contributed by atoms with E-state index < -0.39 is 34.5 Å². The standard InChI is InChI=1S/C26H25ClN2O7S/c1-4-13-28(17(2)14-25(30)31)22-10-11-23(20-8-6-5-7-19(20)22)29(16-26(32)33)37(34,35)18-9-12-24(36-3)21(27)15-18/h1,5-12,15,17H,13-14,16H2,2-3H3,(H,30,31)(H,32,33)/t17-/m0/s1. The quantitative estimate of drug-likeness (QED) is 0.346. The van der Waals surface area contributed by atoms with Crippen molar-refractivity contribution in [2.45, 2.75) is 24.3 Å². The molecule has 0 unspecified atom stereocenters. The predicted octanol–water partition coefficient (Wildman–Crippen LogP) is 4.08. The van der Waals surface area contributed by atoms with E-state index in [1.807, 2.05) is 0 Å². The number of halogens is 1. The third kappa shape index (κ3) is 5.90. The second-order valence-corrected chi connectivity index (χ2v) is 10.4. The molecule has 0 aliphatic carbocycles. The fraction of sp³-hybridized carbons (Fsp3) is 0.231. The lowest BCUT2D eigenvalue weighted by Crippen LogP contribution is -2.37. The van der Waals surface area contributed by atoms with Gasteiger partial charge in [0, 0.05) is 22.5 Å². The zero-order valence-electron chi connectivity index (χ0n) is 20.1. The maximum absolute atomic E-state index is 13.7. The van der Waals surface area contributed by atoms with Crippen LogP contribution in [-0.2, 0) is 19.6 Å². The van der Waals surface area contributed by atoms with Gasteiger partial charge in [-0.2, -0.15) is 0 Å². The Balaban J connectivity index is 2.23. The molecule has 0 fully saturated rings. The summed E-state index contributed by atoms with van der Waals surface area (Å²) in [4.78, 5) is 24.6. The number of hydrogen-bond donors (Lipinski definition) is 2. The number of carbonyl (C=O) groups is 2. The SMILES string of the molecule is C#CCN(c1ccc(N(CC(=O)O)S(=O)(=O)c2ccc(OC)c(Cl)c2)c2ccccc12)[C@@H](C)CC(=O)O. The molecule has 1 atom stereocenters. The number of ether oxygens (including phenoxy) is 1. The highest BCUT2D eigenvalue weighted by Crippen LogP contribution is 2.38. The first-order valence-corrected chi connectivity index (χ1v) is 12.8. The van der Waals surface area contributed by atoms with Gasteiger partial charge in [-0.1, -0.05) is 41.8 Å². The van der Waals surface area contributed by atoms with Crippen molar-refractivity contribution < 1.29 is 33.0 Å². The molecule has 3 rings (SSSR count). The number of terminal acetylenes is 1. The molecule has 0 amide bonds. The summed E-state index contributed by atoms with van der Waals surface area (Å²) < 4.78 is 33.2. The van der Waals surface area contributed by atoms with Crippen molar-refractivity contribution >= 4 is 55.7 Å². The van der Waals surface area contributed by atoms with Crippen molar-refractivity contribution in [3.63, 3.8) is 0 Å². The second-order valence-electron chi connectivity index (χ2n) is 8.13. The number of anilines is 2. The molecule has 194 valence electrons. The summed E-state index contributed by atoms with van der Waals surface area (Å²) in [5, 5.41) is 19.9. The molecule has 0 spiro atoms. The Bertz CT molecular complexity index is 1480. The van der Waals surface area contributed by atoms with E-state index in [1.165, 1.54) is 31.4 Å². The summed E-state index contributed by atoms with van der Waals surface area (Å²) in [5.74, 6) is 0.449. The number of carboxylic acid groups (broad SMARTS) is 2. The van der Waals surface area contributed by atoms with E-state index in [0.717, 1.165) is 4.31 Å². The van der Waals surface area contributed by atoms with Gasteiger partial charge in [0.25, 0.3) is 10.0 Å². The van der Waals surface area contributed by atoms with Crippen LogP contribution >= 0.6 is 11.6 Å². The maximum atomic E-state index is 13.7. The van der Waals surface area contributed by atoms with Crippen LogP contribution in [0, 0.1) is 12.3 Å². The van der Waals surface area contributed by atoms with Gasteiger partial charge < -0.3 is 19.8 Å². The summed E-state index contributed by atoms with van der Waals surface area (Å²) >= 11 is 6.15. The van der Waals surface area contributed by atoms with E-state index in [2.05, 4.69) is 5.92 Å². The van der Waals surface area contributed by atoms with Gasteiger partial charge in [0.2, 0.25) is 0 Å². The molecule has 0 bridgehead atoms. The van der Waals surface area contributed by atoms with Gasteiger partial charge in [-0.15, -0.1) is 6.42 Å². The van der Waals surface area contributed by atoms with Crippen LogP contribution in [0.4, 0.5) is 11.4 Å². The number of aliphatic carboxylic acids is 2. The van der Waals surface area contributed by atoms with Gasteiger partial charge in [-0.05, 0) is 37.3 Å². The number of benzene rings is 3. The highest BCUT2D eigenvalue weighted by Gasteiger charge is 2.30. The maximum Gasteiger partial charge on any atom is 0.324 e. The Morgan fingerprint density at radius 2 is 1.68 bits per heavy atom. The third-order valence-corrected chi connectivity index (χ3v) is 7.76. The molecule has 0 radical (unpaired) electrons. The molecule has 11 heteroatoms. The van der Waals surface area contributed by atoms with Crippen molar-refractivity contribution in [2.75, 3.05) is 29.4 Å². The zero-order chi connectivity index (χ0) is 27.3. The molecule has 37 heavy (non-hydrogen) atoms. The first-order chi connectivity index (χ1) is 17.5. The Morgan fingerprint density at radius 1 is 1.05 bits per heavy atom. The molecule has 9 nitrogen and oxygen atoms in total. The molecule has 0 heterocycles. The van der Waals surface area contributed by atoms with E-state index in [-0.39, 0.29) is 34.3 Å². The average Bonchev–Trinajstić information content (AvgIpc) is 2.84. The summed E-state index contributed by atoms with van der Waals surface area (Å²) in [5.41, 5.74) is 0.714. The normalized spacial score (nSPS) is 11.9. The number of methoxy groups -OCH3 is 1. The number of nitrogens with zero attached hydrogens (tertiary/aromatic N) is 2. The minimum Gasteiger partial charge on any atom is -0.495 e. The molecule has 0 saturated carbocycles. The summed E-state index contributed by atoms with van der Waals surface area (Å²) in [6, 6.07) is 13.3. The summed E-state index contributed by atoms with van der Waals surface area (Å²) in [7, 11) is -2.99. The highest BCUT2D eigenvalue weighted by molar-refractivity contribution is 7.92. The van der Waals surface area contributed by atoms with Crippen LogP contribution in [0.2, 0.25) is 5.02 Å². The van der Waals surface area contributed by atoms with E-state index >= 15 is 0 Å². The van der Waals surface area contributed by atoms with Gasteiger partial charge in [0.05, 0.1) is 35.7 Å². The highest BCUT2D eigenvalue weighted by atomic mass is 35.5. The molecular weight excluding hydrogens is 520 g/mol. The van der Waals surface area contributed by atoms with Crippen LogP contribution in [0.3, 0.4) is 0 Å². The van der Waals surface area contributed by atoms with Gasteiger partial charge in [-0.25, -0.2) is 8.42 Å². The molecule has 2 N–H and O–H groups in total. The van der Waals surface area contributed by atoms with Crippen molar-refractivity contribution in [3.8, 4) is 18.1 Å². The first kappa shape index (κ1) is 27.6. The topological polar surface area (TPSA) is 124 Å². The fourth-order valence-corrected chi connectivity index (χ4v) is 5.81. The predicted molar refractivity (Wildman–Crippen MR) is 142 cm³/mol. The van der Waals surface area contributed by atoms with Crippen molar-refractivity contribution in [3.05, 3.63) is 59.6 Å². The van der Waals surface area contributed by atoms with Gasteiger partial charge >= 0.3 is 11.9 Å². The first-order valence-electron chi connectivity index (χ1n) is 11.0. The zero-order valence-corrected chi connectivity index (χ0v) is 21.7. The van der Waals surface area contributed by atoms with Crippen LogP contribution in [0.1, 0.15) is 13.3 Å². The van der Waals surface area contributed by atoms with E-state index in [9.17, 15) is 28.2 Å². The lowest BCUT2D eigenvalue weighted by Gasteiger charge is -2.31. The summed E-state index contributed by atoms with van der Waals surface area (Å²) in [6.45, 7) is 0.987. The molecule has 0 aliphatic heterocycles. The van der Waals surface area contributed by atoms with Gasteiger partial charge in [0.15, 0.2) is 0 Å². The molecule has 3 aromatic carbocycles. The third-order valence-electron chi connectivity index (χ3n) is 5.71. The Kier molecular flexibility index (Phi) is 8.53. The molecule has 0 saturated heterocycles. The van der Waals surface area contributed by atoms with E-state index in [4.69, 9.17) is 22.8 Å². The Morgan fingerprint density at radius 3 is 2.22 bits per heavy atom. The lowest BCUT2D eigenvalue weighted by molar-refractivity contribution is -0.137. The van der Waals surface area contributed by atoms with Crippen LogP contribution < -0.4 is 13.9 Å². The second kappa shape index (κ2) is 11.4. The van der Waals surface area contributed by atoms with Crippen LogP contribution in [-0.4, -0.2) is 56.8 Å². The minimum atomic E-state index is -4.37. The fourth-order valence-electron chi connectivity index (χ4n) is 4.03. The molecular formula is C26H25ClN2O7S. The molecule has 0 aromatic heterocycles. The van der Waals surface area contributed by atoms with Crippen molar-refractivity contribution in [2.24, 2.45) is 0 Å². The molecule has 0 aliphatic rings. The van der Waals surface area contributed by atoms with Gasteiger partial charge in [0.1, 0.15) is 12.3 Å². The number of hydrogen-bond acceptors (Lipinski definition) is 6. The van der Waals surface area contributed by atoms with Crippen LogP contribution in [0.25, 0.3) is 10.8 Å². The van der Waals surface area contributed by atoms with Crippen LogP contribution in [0.5, 0.6) is 5.75 Å². The number of sulfonamides is 1. The van der Waals surface area contributed by atoms with E-state index in [0.29, 0.717) is 16.5 Å². The van der Waals surface area contributed by atoms with Crippen molar-refractivity contribution in [1.29, 1.82) is 0 Å². The summed E-state index contributed by atoms with van der Waals surface area (Å²) in [6.07, 6.45) is 5.38. The smallest absolute Gasteiger partial charge is 0.324 e. The number of rotatable bonds is 11. The number of carboxylic acids is 2. The lowest BCUT2D eigenvalue weighted by atomic mass is 10.0. The van der Waals surface area contributed by atoms with Crippen molar-refractivity contribution in [1.82, 2.24) is 0 Å². The molecule has 3 aromatic rings.